The van der Waals surface area contributed by atoms with Crippen LogP contribution < -0.4 is 10.5 Å². The third-order valence-corrected chi connectivity index (χ3v) is 4.43. The normalized spacial score (nSPS) is 16.9. The minimum atomic E-state index is -0.335. The Bertz CT molecular complexity index is 756. The molecule has 1 atom stereocenters. The molecule has 26 heavy (non-hydrogen) atoms. The van der Waals surface area contributed by atoms with Crippen LogP contribution in [0.25, 0.3) is 0 Å². The fraction of sp³-hybridized carbons (Fsp3) is 0.389. The number of amides is 1. The number of anilines is 1. The minimum Gasteiger partial charge on any atom is -0.484 e. The first-order valence-electron chi connectivity index (χ1n) is 8.45. The van der Waals surface area contributed by atoms with E-state index in [2.05, 4.69) is 14.9 Å². The second kappa shape index (κ2) is 8.09. The fourth-order valence-electron chi connectivity index (χ4n) is 2.94. The molecule has 0 aliphatic carbocycles. The van der Waals surface area contributed by atoms with E-state index >= 15 is 0 Å². The maximum atomic E-state index is 12.9. The number of hydrogen-bond donors (Lipinski definition) is 1. The summed E-state index contributed by atoms with van der Waals surface area (Å²) in [4.78, 5) is 24.7. The van der Waals surface area contributed by atoms with E-state index in [1.807, 2.05) is 7.05 Å². The van der Waals surface area contributed by atoms with Crippen LogP contribution in [0, 0.1) is 5.82 Å². The molecular formula is C18H22FN5O2. The van der Waals surface area contributed by atoms with Crippen molar-refractivity contribution in [1.82, 2.24) is 19.8 Å². The second-order valence-corrected chi connectivity index (χ2v) is 6.34. The first-order chi connectivity index (χ1) is 12.5. The summed E-state index contributed by atoms with van der Waals surface area (Å²) < 4.78 is 18.3. The Morgan fingerprint density at radius 3 is 2.88 bits per heavy atom. The van der Waals surface area contributed by atoms with Crippen LogP contribution >= 0.6 is 0 Å². The summed E-state index contributed by atoms with van der Waals surface area (Å²) in [6, 6.07) is 7.51. The minimum absolute atomic E-state index is 0.0552. The molecule has 1 aromatic heterocycles. The molecule has 0 unspecified atom stereocenters. The van der Waals surface area contributed by atoms with Crippen LogP contribution in [0.2, 0.25) is 0 Å². The number of halogens is 1. The van der Waals surface area contributed by atoms with Crippen molar-refractivity contribution < 1.29 is 13.9 Å². The van der Waals surface area contributed by atoms with Gasteiger partial charge in [0.15, 0.2) is 6.61 Å². The Morgan fingerprint density at radius 1 is 1.38 bits per heavy atom. The Balaban J connectivity index is 1.47. The summed E-state index contributed by atoms with van der Waals surface area (Å²) in [5.41, 5.74) is 5.68. The van der Waals surface area contributed by atoms with Gasteiger partial charge in [-0.3, -0.25) is 9.69 Å². The molecule has 2 N–H and O–H groups in total. The molecule has 138 valence electrons. The molecule has 7 nitrogen and oxygen atoms in total. The zero-order valence-corrected chi connectivity index (χ0v) is 14.6. The molecule has 3 rings (SSSR count). The SMILES string of the molecule is CN(Cc1nccc(N)n1)[C@H]1CCN(C(=O)COc2ccc(F)cc2)C1. The first-order valence-corrected chi connectivity index (χ1v) is 8.45. The maximum Gasteiger partial charge on any atom is 0.260 e. The molecule has 1 amide bonds. The highest BCUT2D eigenvalue weighted by molar-refractivity contribution is 5.78. The van der Waals surface area contributed by atoms with Gasteiger partial charge >= 0.3 is 0 Å². The topological polar surface area (TPSA) is 84.6 Å². The number of nitrogen functional groups attached to an aromatic ring is 1. The molecule has 1 aliphatic heterocycles. The molecule has 1 fully saturated rings. The van der Waals surface area contributed by atoms with Gasteiger partial charge in [0.25, 0.3) is 5.91 Å². The van der Waals surface area contributed by atoms with E-state index in [9.17, 15) is 9.18 Å². The van der Waals surface area contributed by atoms with E-state index in [1.54, 1.807) is 17.2 Å². The van der Waals surface area contributed by atoms with Crippen molar-refractivity contribution in [3.63, 3.8) is 0 Å². The van der Waals surface area contributed by atoms with Crippen LogP contribution in [0.15, 0.2) is 36.5 Å². The van der Waals surface area contributed by atoms with Gasteiger partial charge in [-0.05, 0) is 43.8 Å². The Kier molecular flexibility index (Phi) is 5.62. The lowest BCUT2D eigenvalue weighted by atomic mass is 10.2. The number of likely N-dealkylation sites (tertiary alicyclic amines) is 1. The third-order valence-electron chi connectivity index (χ3n) is 4.43. The predicted molar refractivity (Wildman–Crippen MR) is 94.8 cm³/mol. The molecule has 1 aliphatic rings. The molecule has 0 saturated carbocycles. The Morgan fingerprint density at radius 2 is 2.15 bits per heavy atom. The van der Waals surface area contributed by atoms with E-state index in [-0.39, 0.29) is 24.4 Å². The molecular weight excluding hydrogens is 337 g/mol. The molecule has 0 radical (unpaired) electrons. The van der Waals surface area contributed by atoms with Crippen LogP contribution in [0.3, 0.4) is 0 Å². The zero-order chi connectivity index (χ0) is 18.5. The maximum absolute atomic E-state index is 12.9. The monoisotopic (exact) mass is 359 g/mol. The van der Waals surface area contributed by atoms with Gasteiger partial charge in [0.2, 0.25) is 0 Å². The lowest BCUT2D eigenvalue weighted by molar-refractivity contribution is -0.132. The van der Waals surface area contributed by atoms with Crippen molar-refractivity contribution >= 4 is 11.7 Å². The number of carbonyl (C=O) groups excluding carboxylic acids is 1. The van der Waals surface area contributed by atoms with Gasteiger partial charge in [-0.2, -0.15) is 0 Å². The summed E-state index contributed by atoms with van der Waals surface area (Å²) >= 11 is 0. The summed E-state index contributed by atoms with van der Waals surface area (Å²) in [5, 5.41) is 0. The number of likely N-dealkylation sites (N-methyl/N-ethyl adjacent to an activating group) is 1. The van der Waals surface area contributed by atoms with Crippen molar-refractivity contribution in [1.29, 1.82) is 0 Å². The average molecular weight is 359 g/mol. The van der Waals surface area contributed by atoms with Crippen LogP contribution in [0.5, 0.6) is 5.75 Å². The van der Waals surface area contributed by atoms with Gasteiger partial charge in [-0.25, -0.2) is 14.4 Å². The average Bonchev–Trinajstić information content (AvgIpc) is 3.11. The van der Waals surface area contributed by atoms with E-state index in [4.69, 9.17) is 10.5 Å². The first kappa shape index (κ1) is 18.1. The number of aromatic nitrogens is 2. The molecule has 0 spiro atoms. The number of hydrogen-bond acceptors (Lipinski definition) is 6. The fourth-order valence-corrected chi connectivity index (χ4v) is 2.94. The molecule has 1 saturated heterocycles. The number of carbonyl (C=O) groups is 1. The molecule has 2 heterocycles. The largest absolute Gasteiger partial charge is 0.484 e. The summed E-state index contributed by atoms with van der Waals surface area (Å²) in [5.74, 6) is 1.18. The van der Waals surface area contributed by atoms with E-state index < -0.39 is 0 Å². The second-order valence-electron chi connectivity index (χ2n) is 6.34. The van der Waals surface area contributed by atoms with E-state index in [1.165, 1.54) is 24.3 Å². The van der Waals surface area contributed by atoms with Gasteiger partial charge in [-0.1, -0.05) is 0 Å². The van der Waals surface area contributed by atoms with E-state index in [0.717, 1.165) is 6.42 Å². The van der Waals surface area contributed by atoms with Crippen molar-refractivity contribution in [2.75, 3.05) is 32.5 Å². The number of benzene rings is 1. The van der Waals surface area contributed by atoms with Crippen LogP contribution in [0.1, 0.15) is 12.2 Å². The quantitative estimate of drug-likeness (QED) is 0.837. The zero-order valence-electron chi connectivity index (χ0n) is 14.6. The van der Waals surface area contributed by atoms with Crippen LogP contribution in [-0.2, 0) is 11.3 Å². The summed E-state index contributed by atoms with van der Waals surface area (Å²) in [6.07, 6.45) is 2.52. The van der Waals surface area contributed by atoms with Crippen molar-refractivity contribution in [2.45, 2.75) is 19.0 Å². The molecule has 2 aromatic rings. The number of ether oxygens (including phenoxy) is 1. The molecule has 8 heteroatoms. The van der Waals surface area contributed by atoms with Crippen molar-refractivity contribution in [3.8, 4) is 5.75 Å². The molecule has 1 aromatic carbocycles. The summed E-state index contributed by atoms with van der Waals surface area (Å²) in [6.45, 7) is 1.83. The highest BCUT2D eigenvalue weighted by atomic mass is 19.1. The lowest BCUT2D eigenvalue weighted by Gasteiger charge is -2.24. The van der Waals surface area contributed by atoms with Gasteiger partial charge in [0, 0.05) is 25.3 Å². The highest BCUT2D eigenvalue weighted by Crippen LogP contribution is 2.17. The van der Waals surface area contributed by atoms with Crippen molar-refractivity contribution in [3.05, 3.63) is 48.2 Å². The van der Waals surface area contributed by atoms with Crippen LogP contribution in [-0.4, -0.2) is 58.5 Å². The number of rotatable bonds is 6. The standard InChI is InChI=1S/C18H22FN5O2/c1-23(11-17-21-8-6-16(20)22-17)14-7-9-24(10-14)18(25)12-26-15-4-2-13(19)3-5-15/h2-6,8,14H,7,9-12H2,1H3,(H2,20,21,22)/t14-/m0/s1. The number of nitrogens with two attached hydrogens (primary N) is 1. The summed E-state index contributed by atoms with van der Waals surface area (Å²) in [7, 11) is 1.99. The third kappa shape index (κ3) is 4.66. The Hall–Kier alpha value is -2.74. The van der Waals surface area contributed by atoms with Gasteiger partial charge in [0.1, 0.15) is 23.2 Å². The van der Waals surface area contributed by atoms with Crippen LogP contribution in [0.4, 0.5) is 10.2 Å². The van der Waals surface area contributed by atoms with E-state index in [0.29, 0.717) is 37.0 Å². The smallest absolute Gasteiger partial charge is 0.260 e. The van der Waals surface area contributed by atoms with Crippen molar-refractivity contribution in [2.24, 2.45) is 0 Å². The lowest BCUT2D eigenvalue weighted by Crippen LogP contribution is -2.38. The van der Waals surface area contributed by atoms with Gasteiger partial charge < -0.3 is 15.4 Å². The molecule has 0 bridgehead atoms. The Labute approximate surface area is 151 Å². The van der Waals surface area contributed by atoms with Gasteiger partial charge in [-0.15, -0.1) is 0 Å². The predicted octanol–water partition coefficient (Wildman–Crippen LogP) is 1.31. The highest BCUT2D eigenvalue weighted by Gasteiger charge is 2.29. The number of nitrogens with zero attached hydrogens (tertiary/aromatic N) is 4. The van der Waals surface area contributed by atoms with Gasteiger partial charge in [0.05, 0.1) is 6.54 Å².